The van der Waals surface area contributed by atoms with Crippen LogP contribution in [-0.4, -0.2) is 17.4 Å². The summed E-state index contributed by atoms with van der Waals surface area (Å²) >= 11 is 0. The highest BCUT2D eigenvalue weighted by Crippen LogP contribution is 2.00. The van der Waals surface area contributed by atoms with E-state index in [1.165, 1.54) is 6.20 Å². The molecule has 0 radical (unpaired) electrons. The molecule has 1 aromatic heterocycles. The van der Waals surface area contributed by atoms with Gasteiger partial charge in [0.15, 0.2) is 0 Å². The number of rotatable bonds is 3. The lowest BCUT2D eigenvalue weighted by Crippen LogP contribution is -2.25. The van der Waals surface area contributed by atoms with Crippen molar-refractivity contribution in [1.82, 2.24) is 10.3 Å². The summed E-state index contributed by atoms with van der Waals surface area (Å²) in [4.78, 5) is 15.4. The molecule has 0 bridgehead atoms. The molecule has 0 aliphatic heterocycles. The molecule has 0 spiro atoms. The topological polar surface area (TPSA) is 68.0 Å². The van der Waals surface area contributed by atoms with Crippen molar-refractivity contribution >= 4 is 11.6 Å². The molecule has 1 aromatic rings. The van der Waals surface area contributed by atoms with Crippen molar-refractivity contribution in [3.63, 3.8) is 0 Å². The quantitative estimate of drug-likeness (QED) is 0.564. The van der Waals surface area contributed by atoms with Crippen LogP contribution in [0.5, 0.6) is 0 Å². The molecule has 4 nitrogen and oxygen atoms in total. The van der Waals surface area contributed by atoms with Crippen molar-refractivity contribution < 1.29 is 4.79 Å². The van der Waals surface area contributed by atoms with Crippen LogP contribution in [0, 0.1) is 11.8 Å². The first-order valence-electron chi connectivity index (χ1n) is 4.63. The standard InChI is InChI=1S/C11H13N3O/c1-2-3-4-7-13-11(15)10-6-5-9(12)8-14-10/h5-6,8H,4,7,12H2,1H3,(H,13,15). The maximum atomic E-state index is 11.5. The summed E-state index contributed by atoms with van der Waals surface area (Å²) in [5.74, 6) is 5.41. The number of carbonyl (C=O) groups excluding carboxylic acids is 1. The molecule has 0 saturated carbocycles. The lowest BCUT2D eigenvalue weighted by atomic mass is 10.3. The number of nitrogens with two attached hydrogens (primary N) is 1. The molecule has 0 aliphatic carbocycles. The third-order valence-electron chi connectivity index (χ3n) is 1.73. The number of aromatic nitrogens is 1. The number of hydrogen-bond acceptors (Lipinski definition) is 3. The van der Waals surface area contributed by atoms with Gasteiger partial charge in [-0.05, 0) is 19.1 Å². The summed E-state index contributed by atoms with van der Waals surface area (Å²) in [6.45, 7) is 2.30. The van der Waals surface area contributed by atoms with Crippen LogP contribution in [0.3, 0.4) is 0 Å². The lowest BCUT2D eigenvalue weighted by molar-refractivity contribution is 0.0949. The first-order valence-corrected chi connectivity index (χ1v) is 4.63. The van der Waals surface area contributed by atoms with Crippen molar-refractivity contribution in [1.29, 1.82) is 0 Å². The van der Waals surface area contributed by atoms with Gasteiger partial charge in [-0.25, -0.2) is 4.98 Å². The van der Waals surface area contributed by atoms with E-state index in [2.05, 4.69) is 22.1 Å². The molecule has 0 aliphatic rings. The van der Waals surface area contributed by atoms with Crippen LogP contribution in [0.4, 0.5) is 5.69 Å². The van der Waals surface area contributed by atoms with Gasteiger partial charge in [0, 0.05) is 13.0 Å². The second kappa shape index (κ2) is 5.66. The molecule has 4 heteroatoms. The Morgan fingerprint density at radius 2 is 2.40 bits per heavy atom. The van der Waals surface area contributed by atoms with Gasteiger partial charge in [-0.3, -0.25) is 4.79 Å². The first kappa shape index (κ1) is 11.1. The Bertz CT molecular complexity index is 387. The van der Waals surface area contributed by atoms with Gasteiger partial charge in [0.25, 0.3) is 5.91 Å². The van der Waals surface area contributed by atoms with Crippen molar-refractivity contribution in [3.8, 4) is 11.8 Å². The lowest BCUT2D eigenvalue weighted by Gasteiger charge is -2.01. The molecule has 15 heavy (non-hydrogen) atoms. The third-order valence-corrected chi connectivity index (χ3v) is 1.73. The van der Waals surface area contributed by atoms with E-state index >= 15 is 0 Å². The highest BCUT2D eigenvalue weighted by atomic mass is 16.1. The monoisotopic (exact) mass is 203 g/mol. The van der Waals surface area contributed by atoms with Gasteiger partial charge >= 0.3 is 0 Å². The molecule has 1 amide bonds. The van der Waals surface area contributed by atoms with Crippen LogP contribution in [0.2, 0.25) is 0 Å². The summed E-state index contributed by atoms with van der Waals surface area (Å²) in [5.41, 5.74) is 6.37. The third kappa shape index (κ3) is 3.69. The van der Waals surface area contributed by atoms with Gasteiger partial charge in [-0.1, -0.05) is 0 Å². The van der Waals surface area contributed by atoms with Gasteiger partial charge in [0.05, 0.1) is 11.9 Å². The number of anilines is 1. The van der Waals surface area contributed by atoms with Gasteiger partial charge in [0.1, 0.15) is 5.69 Å². The zero-order valence-corrected chi connectivity index (χ0v) is 8.58. The summed E-state index contributed by atoms with van der Waals surface area (Å²) in [6.07, 6.45) is 2.11. The highest BCUT2D eigenvalue weighted by molar-refractivity contribution is 5.92. The Hall–Kier alpha value is -2.02. The second-order valence-electron chi connectivity index (χ2n) is 2.91. The minimum Gasteiger partial charge on any atom is -0.397 e. The van der Waals surface area contributed by atoms with Crippen LogP contribution in [0.15, 0.2) is 18.3 Å². The maximum absolute atomic E-state index is 11.5. The van der Waals surface area contributed by atoms with Crippen molar-refractivity contribution in [2.75, 3.05) is 12.3 Å². The van der Waals surface area contributed by atoms with Gasteiger partial charge in [-0.2, -0.15) is 0 Å². The Morgan fingerprint density at radius 3 is 3.00 bits per heavy atom. The van der Waals surface area contributed by atoms with E-state index < -0.39 is 0 Å². The maximum Gasteiger partial charge on any atom is 0.269 e. The minimum absolute atomic E-state index is 0.201. The number of pyridine rings is 1. The van der Waals surface area contributed by atoms with Gasteiger partial charge in [0.2, 0.25) is 0 Å². The fraction of sp³-hybridized carbons (Fsp3) is 0.273. The van der Waals surface area contributed by atoms with Crippen LogP contribution < -0.4 is 11.1 Å². The molecule has 0 unspecified atom stereocenters. The molecule has 0 aromatic carbocycles. The van der Waals surface area contributed by atoms with E-state index in [1.54, 1.807) is 19.1 Å². The number of nitrogens with zero attached hydrogens (tertiary/aromatic N) is 1. The fourth-order valence-electron chi connectivity index (χ4n) is 0.994. The number of hydrogen-bond donors (Lipinski definition) is 2. The van der Waals surface area contributed by atoms with E-state index in [0.717, 1.165) is 0 Å². The average Bonchev–Trinajstić information content (AvgIpc) is 2.25. The zero-order valence-electron chi connectivity index (χ0n) is 8.58. The number of carbonyl (C=O) groups is 1. The SMILES string of the molecule is CC#CCCNC(=O)c1ccc(N)cn1. The molecular weight excluding hydrogens is 190 g/mol. The molecule has 3 N–H and O–H groups in total. The van der Waals surface area contributed by atoms with Crippen LogP contribution in [0.25, 0.3) is 0 Å². The van der Waals surface area contributed by atoms with Crippen LogP contribution in [-0.2, 0) is 0 Å². The normalized spacial score (nSPS) is 8.87. The predicted molar refractivity (Wildman–Crippen MR) is 59.0 cm³/mol. The molecule has 0 fully saturated rings. The molecule has 0 saturated heterocycles. The van der Waals surface area contributed by atoms with Crippen molar-refractivity contribution in [2.45, 2.75) is 13.3 Å². The smallest absolute Gasteiger partial charge is 0.269 e. The predicted octanol–water partition coefficient (Wildman–Crippen LogP) is 0.807. The first-order chi connectivity index (χ1) is 7.24. The average molecular weight is 203 g/mol. The Kier molecular flexibility index (Phi) is 4.17. The largest absolute Gasteiger partial charge is 0.397 e. The summed E-state index contributed by atoms with van der Waals surface area (Å²) < 4.78 is 0. The minimum atomic E-state index is -0.201. The summed E-state index contributed by atoms with van der Waals surface area (Å²) in [5, 5.41) is 2.71. The summed E-state index contributed by atoms with van der Waals surface area (Å²) in [6, 6.07) is 3.24. The Labute approximate surface area is 88.9 Å². The molecule has 0 atom stereocenters. The zero-order chi connectivity index (χ0) is 11.1. The van der Waals surface area contributed by atoms with E-state index in [4.69, 9.17) is 5.73 Å². The van der Waals surface area contributed by atoms with E-state index in [9.17, 15) is 4.79 Å². The second-order valence-corrected chi connectivity index (χ2v) is 2.91. The van der Waals surface area contributed by atoms with E-state index in [1.807, 2.05) is 0 Å². The number of amides is 1. The Morgan fingerprint density at radius 1 is 1.60 bits per heavy atom. The van der Waals surface area contributed by atoms with E-state index in [-0.39, 0.29) is 5.91 Å². The molecular formula is C11H13N3O. The Balaban J connectivity index is 2.46. The van der Waals surface area contributed by atoms with Crippen LogP contribution >= 0.6 is 0 Å². The number of nitrogens with one attached hydrogen (secondary N) is 1. The van der Waals surface area contributed by atoms with Crippen molar-refractivity contribution in [3.05, 3.63) is 24.0 Å². The highest BCUT2D eigenvalue weighted by Gasteiger charge is 2.04. The molecule has 78 valence electrons. The fourth-order valence-corrected chi connectivity index (χ4v) is 0.994. The van der Waals surface area contributed by atoms with Gasteiger partial charge in [-0.15, -0.1) is 11.8 Å². The van der Waals surface area contributed by atoms with E-state index in [0.29, 0.717) is 24.3 Å². The number of nitrogen functional groups attached to an aromatic ring is 1. The molecule has 1 heterocycles. The van der Waals surface area contributed by atoms with Crippen LogP contribution in [0.1, 0.15) is 23.8 Å². The van der Waals surface area contributed by atoms with Crippen molar-refractivity contribution in [2.24, 2.45) is 0 Å². The van der Waals surface area contributed by atoms with Gasteiger partial charge < -0.3 is 11.1 Å². The molecule has 1 rings (SSSR count). The summed E-state index contributed by atoms with van der Waals surface area (Å²) in [7, 11) is 0.